The molecule has 0 bridgehead atoms. The smallest absolute Gasteiger partial charge is 0.393 e. The monoisotopic (exact) mass is 899 g/mol. The quantitative estimate of drug-likeness (QED) is 0.0230. The van der Waals surface area contributed by atoms with Gasteiger partial charge in [0.1, 0.15) is 0 Å². The number of aliphatic hydroxyl groups excluding tert-OH is 2. The summed E-state index contributed by atoms with van der Waals surface area (Å²) in [7, 11) is -4.38. The van der Waals surface area contributed by atoms with Crippen LogP contribution in [0.5, 0.6) is 0 Å². The van der Waals surface area contributed by atoms with Crippen LogP contribution in [0, 0.1) is 0 Å². The molecule has 4 atom stereocenters. The van der Waals surface area contributed by atoms with E-state index in [1.54, 1.807) is 0 Å². The fourth-order valence-corrected chi connectivity index (χ4v) is 8.92. The first-order valence-corrected chi connectivity index (χ1v) is 28.0. The molecule has 0 aliphatic rings. The Morgan fingerprint density at radius 2 is 0.968 bits per heavy atom. The van der Waals surface area contributed by atoms with E-state index < -0.39 is 32.0 Å². The zero-order chi connectivity index (χ0) is 45.5. The maximum absolute atomic E-state index is 12.9. The normalized spacial score (nSPS) is 14.5. The fraction of sp³-hybridized carbons (Fsp3) is 0.904. The van der Waals surface area contributed by atoms with Crippen molar-refractivity contribution in [2.45, 2.75) is 283 Å². The second-order valence-corrected chi connectivity index (χ2v) is 19.7. The lowest BCUT2D eigenvalue weighted by molar-refractivity contribution is -0.125. The molecular weight excluding hydrogens is 796 g/mol. The van der Waals surface area contributed by atoms with E-state index in [-0.39, 0.29) is 26.2 Å². The molecule has 0 fully saturated rings. The minimum atomic E-state index is -4.38. The molecule has 0 heterocycles. The molecule has 62 heavy (non-hydrogen) atoms. The van der Waals surface area contributed by atoms with Crippen molar-refractivity contribution in [1.82, 2.24) is 5.32 Å². The van der Waals surface area contributed by atoms with E-state index in [0.29, 0.717) is 12.8 Å². The van der Waals surface area contributed by atoms with Gasteiger partial charge >= 0.3 is 7.82 Å². The molecule has 0 rings (SSSR count). The Hall–Kier alpha value is -1.06. The summed E-state index contributed by atoms with van der Waals surface area (Å²) in [5.41, 5.74) is 5.39. The van der Waals surface area contributed by atoms with Crippen molar-refractivity contribution in [3.63, 3.8) is 0 Å². The number of phosphoric ester groups is 1. The molecule has 4 unspecified atom stereocenters. The van der Waals surface area contributed by atoms with Crippen LogP contribution in [0.4, 0.5) is 0 Å². The van der Waals surface area contributed by atoms with E-state index in [1.165, 1.54) is 180 Å². The van der Waals surface area contributed by atoms with Gasteiger partial charge in [0.2, 0.25) is 5.91 Å². The third-order valence-corrected chi connectivity index (χ3v) is 13.1. The summed E-state index contributed by atoms with van der Waals surface area (Å²) in [5.74, 6) is -0.410. The summed E-state index contributed by atoms with van der Waals surface area (Å²) in [6.07, 6.45) is 53.7. The van der Waals surface area contributed by atoms with Crippen molar-refractivity contribution in [3.05, 3.63) is 24.3 Å². The van der Waals surface area contributed by atoms with Gasteiger partial charge < -0.3 is 26.2 Å². The van der Waals surface area contributed by atoms with Crippen LogP contribution in [0.2, 0.25) is 0 Å². The standard InChI is InChI=1S/C52H103N2O7P/c1-3-5-7-9-11-13-15-17-19-21-23-24-26-28-30-32-34-36-38-40-42-44-51(56)50(48-61-62(58,59)60-46-45-53)54-52(57)47-49(55)43-41-39-37-35-33-31-29-27-25-22-20-18-16-14-12-10-8-6-4-2/h6,8,12,14,49-51,55-56H,3-5,7,9-11,13,15-48,53H2,1-2H3,(H,54,57)(H,58,59)/b8-6-,14-12-. The Balaban J connectivity index is 4.10. The van der Waals surface area contributed by atoms with Crippen LogP contribution in [0.15, 0.2) is 24.3 Å². The predicted molar refractivity (Wildman–Crippen MR) is 264 cm³/mol. The third kappa shape index (κ3) is 45.5. The highest BCUT2D eigenvalue weighted by molar-refractivity contribution is 7.47. The van der Waals surface area contributed by atoms with E-state index in [0.717, 1.165) is 51.4 Å². The van der Waals surface area contributed by atoms with Gasteiger partial charge in [-0.15, -0.1) is 0 Å². The van der Waals surface area contributed by atoms with Gasteiger partial charge in [0.05, 0.1) is 37.9 Å². The minimum Gasteiger partial charge on any atom is -0.393 e. The number of amides is 1. The first-order chi connectivity index (χ1) is 30.3. The molecule has 0 saturated carbocycles. The van der Waals surface area contributed by atoms with Gasteiger partial charge in [-0.1, -0.05) is 244 Å². The highest BCUT2D eigenvalue weighted by Gasteiger charge is 2.28. The molecule has 6 N–H and O–H groups in total. The zero-order valence-corrected chi connectivity index (χ0v) is 41.6. The maximum Gasteiger partial charge on any atom is 0.472 e. The fourth-order valence-electron chi connectivity index (χ4n) is 8.16. The minimum absolute atomic E-state index is 0.0605. The predicted octanol–water partition coefficient (Wildman–Crippen LogP) is 14.7. The van der Waals surface area contributed by atoms with E-state index in [4.69, 9.17) is 14.8 Å². The Morgan fingerprint density at radius 3 is 1.40 bits per heavy atom. The zero-order valence-electron chi connectivity index (χ0n) is 40.7. The molecule has 0 saturated heterocycles. The van der Waals surface area contributed by atoms with Crippen molar-refractivity contribution in [2.75, 3.05) is 19.8 Å². The van der Waals surface area contributed by atoms with E-state index in [2.05, 4.69) is 43.5 Å². The number of rotatable bonds is 50. The summed E-state index contributed by atoms with van der Waals surface area (Å²) in [6, 6.07) is -0.896. The Labute approximate surface area is 383 Å². The Bertz CT molecular complexity index is 1040. The number of nitrogens with one attached hydrogen (secondary N) is 1. The number of carbonyl (C=O) groups is 1. The highest BCUT2D eigenvalue weighted by atomic mass is 31.2. The number of nitrogens with two attached hydrogens (primary N) is 1. The number of hydrogen-bond donors (Lipinski definition) is 5. The molecule has 368 valence electrons. The number of allylic oxidation sites excluding steroid dienone is 4. The number of unbranched alkanes of at least 4 members (excludes halogenated alkanes) is 32. The van der Waals surface area contributed by atoms with Gasteiger partial charge in [-0.05, 0) is 38.5 Å². The second kappa shape index (κ2) is 47.9. The van der Waals surface area contributed by atoms with Gasteiger partial charge in [0, 0.05) is 6.54 Å². The number of carbonyl (C=O) groups excluding carboxylic acids is 1. The molecule has 1 amide bonds. The summed E-state index contributed by atoms with van der Waals surface area (Å²) < 4.78 is 22.3. The first-order valence-electron chi connectivity index (χ1n) is 26.5. The third-order valence-electron chi connectivity index (χ3n) is 12.1. The molecule has 0 radical (unpaired) electrons. The largest absolute Gasteiger partial charge is 0.472 e. The molecule has 0 spiro atoms. The van der Waals surface area contributed by atoms with Crippen molar-refractivity contribution in [2.24, 2.45) is 5.73 Å². The SMILES string of the molecule is CC/C=C\C/C=C\CCCCCCCCCCCCCCC(O)CC(=O)NC(COP(=O)(O)OCCN)C(O)CCCCCCCCCCCCCCCCCCCCCCC. The molecule has 10 heteroatoms. The van der Waals surface area contributed by atoms with Crippen LogP contribution in [0.1, 0.15) is 264 Å². The molecule has 9 nitrogen and oxygen atoms in total. The van der Waals surface area contributed by atoms with Crippen LogP contribution >= 0.6 is 7.82 Å². The topological polar surface area (TPSA) is 151 Å². The van der Waals surface area contributed by atoms with Crippen LogP contribution in [0.25, 0.3) is 0 Å². The molecule has 0 aliphatic carbocycles. The lowest BCUT2D eigenvalue weighted by Gasteiger charge is -2.25. The van der Waals surface area contributed by atoms with Crippen LogP contribution in [-0.2, 0) is 18.4 Å². The average Bonchev–Trinajstić information content (AvgIpc) is 3.25. The Kier molecular flexibility index (Phi) is 47.1. The first kappa shape index (κ1) is 60.9. The summed E-state index contributed by atoms with van der Waals surface area (Å²) in [5, 5.41) is 24.4. The molecule has 0 aromatic heterocycles. The van der Waals surface area contributed by atoms with Gasteiger partial charge in [-0.25, -0.2) is 4.57 Å². The lowest BCUT2D eigenvalue weighted by Crippen LogP contribution is -2.47. The van der Waals surface area contributed by atoms with E-state index in [1.807, 2.05) is 0 Å². The van der Waals surface area contributed by atoms with Crippen molar-refractivity contribution in [1.29, 1.82) is 0 Å². The van der Waals surface area contributed by atoms with Gasteiger partial charge in [0.25, 0.3) is 0 Å². The lowest BCUT2D eigenvalue weighted by atomic mass is 10.0. The van der Waals surface area contributed by atoms with Crippen molar-refractivity contribution >= 4 is 13.7 Å². The van der Waals surface area contributed by atoms with Gasteiger partial charge in [-0.2, -0.15) is 0 Å². The van der Waals surface area contributed by atoms with Crippen LogP contribution in [-0.4, -0.2) is 59.0 Å². The molecular formula is C52H103N2O7P. The number of hydrogen-bond acceptors (Lipinski definition) is 7. The molecule has 0 aromatic rings. The van der Waals surface area contributed by atoms with Crippen molar-refractivity contribution in [3.8, 4) is 0 Å². The summed E-state index contributed by atoms with van der Waals surface area (Å²) >= 11 is 0. The van der Waals surface area contributed by atoms with Gasteiger partial charge in [0.15, 0.2) is 0 Å². The summed E-state index contributed by atoms with van der Waals surface area (Å²) in [6.45, 7) is 3.99. The maximum atomic E-state index is 12.9. The highest BCUT2D eigenvalue weighted by Crippen LogP contribution is 2.43. The summed E-state index contributed by atoms with van der Waals surface area (Å²) in [4.78, 5) is 22.9. The number of phosphoric acid groups is 1. The van der Waals surface area contributed by atoms with E-state index in [9.17, 15) is 24.5 Å². The van der Waals surface area contributed by atoms with Crippen molar-refractivity contribution < 1.29 is 33.5 Å². The van der Waals surface area contributed by atoms with Gasteiger partial charge in [-0.3, -0.25) is 13.8 Å². The van der Waals surface area contributed by atoms with E-state index >= 15 is 0 Å². The molecule has 0 aliphatic heterocycles. The van der Waals surface area contributed by atoms with Crippen LogP contribution < -0.4 is 11.1 Å². The molecule has 0 aromatic carbocycles. The second-order valence-electron chi connectivity index (χ2n) is 18.3. The Morgan fingerprint density at radius 1 is 0.565 bits per heavy atom. The van der Waals surface area contributed by atoms with Crippen LogP contribution in [0.3, 0.4) is 0 Å². The number of aliphatic hydroxyl groups is 2. The average molecular weight is 899 g/mol.